The van der Waals surface area contributed by atoms with Crippen molar-refractivity contribution in [1.82, 2.24) is 20.2 Å². The van der Waals surface area contributed by atoms with Crippen LogP contribution >= 0.6 is 0 Å². The first-order valence-electron chi connectivity index (χ1n) is 11.1. The standard InChI is InChI=1S/C23H31N7O/c1-24-22(29-12-14-30(15-13-29)23-25-10-5-11-26-23)27-17-18-6-4-9-20(16-18)28-21(31)19-7-2-3-8-19/h4-6,9-11,16,19H,2-3,7-8,12-15,17H2,1H3,(H,24,27)(H,28,31). The van der Waals surface area contributed by atoms with Gasteiger partial charge in [0, 0.05) is 63.8 Å². The van der Waals surface area contributed by atoms with E-state index in [4.69, 9.17) is 0 Å². The molecule has 1 aliphatic carbocycles. The zero-order valence-corrected chi connectivity index (χ0v) is 18.1. The molecular formula is C23H31N7O. The molecular weight excluding hydrogens is 390 g/mol. The number of amides is 1. The van der Waals surface area contributed by atoms with Gasteiger partial charge >= 0.3 is 0 Å². The highest BCUT2D eigenvalue weighted by Gasteiger charge is 2.23. The molecule has 2 aromatic rings. The van der Waals surface area contributed by atoms with Crippen molar-refractivity contribution >= 4 is 23.5 Å². The lowest BCUT2D eigenvalue weighted by molar-refractivity contribution is -0.119. The van der Waals surface area contributed by atoms with Gasteiger partial charge in [-0.05, 0) is 36.6 Å². The predicted molar refractivity (Wildman–Crippen MR) is 123 cm³/mol. The predicted octanol–water partition coefficient (Wildman–Crippen LogP) is 2.50. The molecule has 2 fully saturated rings. The van der Waals surface area contributed by atoms with E-state index < -0.39 is 0 Å². The molecule has 1 saturated carbocycles. The first-order valence-corrected chi connectivity index (χ1v) is 11.1. The molecule has 2 aliphatic rings. The van der Waals surface area contributed by atoms with Crippen LogP contribution in [-0.2, 0) is 11.3 Å². The van der Waals surface area contributed by atoms with Crippen molar-refractivity contribution in [3.05, 3.63) is 48.3 Å². The summed E-state index contributed by atoms with van der Waals surface area (Å²) in [6, 6.07) is 9.88. The summed E-state index contributed by atoms with van der Waals surface area (Å²) in [5.74, 6) is 1.98. The Morgan fingerprint density at radius 3 is 2.55 bits per heavy atom. The van der Waals surface area contributed by atoms with Crippen LogP contribution in [-0.4, -0.2) is 60.0 Å². The van der Waals surface area contributed by atoms with Crippen LogP contribution in [0.25, 0.3) is 0 Å². The normalized spacial score (nSPS) is 17.6. The van der Waals surface area contributed by atoms with E-state index in [0.29, 0.717) is 6.54 Å². The maximum atomic E-state index is 12.4. The van der Waals surface area contributed by atoms with Gasteiger partial charge < -0.3 is 20.4 Å². The number of nitrogens with one attached hydrogen (secondary N) is 2. The number of aromatic nitrogens is 2. The maximum absolute atomic E-state index is 12.4. The number of hydrogen-bond acceptors (Lipinski definition) is 5. The van der Waals surface area contributed by atoms with Gasteiger partial charge in [-0.15, -0.1) is 0 Å². The minimum atomic E-state index is 0.152. The van der Waals surface area contributed by atoms with E-state index in [0.717, 1.165) is 75.0 Å². The van der Waals surface area contributed by atoms with Crippen LogP contribution in [0.3, 0.4) is 0 Å². The van der Waals surface area contributed by atoms with Crippen LogP contribution in [0.4, 0.5) is 11.6 Å². The van der Waals surface area contributed by atoms with Crippen molar-refractivity contribution in [2.75, 3.05) is 43.4 Å². The van der Waals surface area contributed by atoms with Crippen LogP contribution < -0.4 is 15.5 Å². The molecule has 0 spiro atoms. The van der Waals surface area contributed by atoms with Gasteiger partial charge in [-0.1, -0.05) is 25.0 Å². The van der Waals surface area contributed by atoms with Crippen molar-refractivity contribution in [2.45, 2.75) is 32.2 Å². The number of guanidine groups is 1. The molecule has 1 aromatic carbocycles. The number of aliphatic imine (C=N–C) groups is 1. The van der Waals surface area contributed by atoms with E-state index in [2.05, 4.69) is 41.5 Å². The highest BCUT2D eigenvalue weighted by Crippen LogP contribution is 2.26. The van der Waals surface area contributed by atoms with Crippen molar-refractivity contribution in [2.24, 2.45) is 10.9 Å². The molecule has 1 amide bonds. The molecule has 1 saturated heterocycles. The molecule has 164 valence electrons. The number of carbonyl (C=O) groups is 1. The van der Waals surface area contributed by atoms with Gasteiger partial charge in [-0.2, -0.15) is 0 Å². The zero-order chi connectivity index (χ0) is 21.5. The fourth-order valence-corrected chi connectivity index (χ4v) is 4.28. The summed E-state index contributed by atoms with van der Waals surface area (Å²) in [6.45, 7) is 4.08. The summed E-state index contributed by atoms with van der Waals surface area (Å²) in [5.41, 5.74) is 1.98. The fourth-order valence-electron chi connectivity index (χ4n) is 4.28. The lowest BCUT2D eigenvalue weighted by Gasteiger charge is -2.36. The fraction of sp³-hybridized carbons (Fsp3) is 0.478. The monoisotopic (exact) mass is 421 g/mol. The molecule has 1 aliphatic heterocycles. The number of piperazine rings is 1. The van der Waals surface area contributed by atoms with E-state index in [1.54, 1.807) is 12.4 Å². The van der Waals surface area contributed by atoms with Crippen molar-refractivity contribution < 1.29 is 4.79 Å². The smallest absolute Gasteiger partial charge is 0.227 e. The van der Waals surface area contributed by atoms with Crippen LogP contribution in [0.5, 0.6) is 0 Å². The van der Waals surface area contributed by atoms with Crippen molar-refractivity contribution in [3.8, 4) is 0 Å². The lowest BCUT2D eigenvalue weighted by Crippen LogP contribution is -2.52. The number of hydrogen-bond donors (Lipinski definition) is 2. The molecule has 0 radical (unpaired) electrons. The number of rotatable bonds is 5. The van der Waals surface area contributed by atoms with Gasteiger partial charge in [0.05, 0.1) is 0 Å². The molecule has 0 atom stereocenters. The Morgan fingerprint density at radius 1 is 1.10 bits per heavy atom. The Morgan fingerprint density at radius 2 is 1.84 bits per heavy atom. The summed E-state index contributed by atoms with van der Waals surface area (Å²) < 4.78 is 0. The van der Waals surface area contributed by atoms with Gasteiger partial charge in [0.2, 0.25) is 11.9 Å². The third-order valence-electron chi connectivity index (χ3n) is 6.00. The van der Waals surface area contributed by atoms with E-state index >= 15 is 0 Å². The minimum Gasteiger partial charge on any atom is -0.352 e. The first kappa shape index (κ1) is 21.1. The van der Waals surface area contributed by atoms with Gasteiger partial charge in [-0.25, -0.2) is 9.97 Å². The zero-order valence-electron chi connectivity index (χ0n) is 18.1. The molecule has 8 heteroatoms. The molecule has 2 N–H and O–H groups in total. The summed E-state index contributed by atoms with van der Waals surface area (Å²) in [6.07, 6.45) is 7.89. The Labute approximate surface area is 183 Å². The van der Waals surface area contributed by atoms with E-state index in [1.165, 1.54) is 0 Å². The number of carbonyl (C=O) groups excluding carboxylic acids is 1. The van der Waals surface area contributed by atoms with E-state index in [1.807, 2.05) is 31.3 Å². The molecule has 0 bridgehead atoms. The average Bonchev–Trinajstić information content (AvgIpc) is 3.36. The van der Waals surface area contributed by atoms with Crippen LogP contribution in [0, 0.1) is 5.92 Å². The van der Waals surface area contributed by atoms with Crippen molar-refractivity contribution in [1.29, 1.82) is 0 Å². The maximum Gasteiger partial charge on any atom is 0.227 e. The topological polar surface area (TPSA) is 85.8 Å². The summed E-state index contributed by atoms with van der Waals surface area (Å²) in [7, 11) is 1.81. The van der Waals surface area contributed by atoms with E-state index in [9.17, 15) is 4.79 Å². The third-order valence-corrected chi connectivity index (χ3v) is 6.00. The summed E-state index contributed by atoms with van der Waals surface area (Å²) >= 11 is 0. The second kappa shape index (κ2) is 10.2. The highest BCUT2D eigenvalue weighted by atomic mass is 16.1. The molecule has 8 nitrogen and oxygen atoms in total. The summed E-state index contributed by atoms with van der Waals surface area (Å²) in [5, 5.41) is 6.54. The largest absolute Gasteiger partial charge is 0.352 e. The first-order chi connectivity index (χ1) is 15.2. The average molecular weight is 422 g/mol. The molecule has 0 unspecified atom stereocenters. The highest BCUT2D eigenvalue weighted by molar-refractivity contribution is 5.92. The quantitative estimate of drug-likeness (QED) is 0.570. The van der Waals surface area contributed by atoms with Crippen LogP contribution in [0.2, 0.25) is 0 Å². The van der Waals surface area contributed by atoms with E-state index in [-0.39, 0.29) is 11.8 Å². The number of anilines is 2. The number of benzene rings is 1. The third kappa shape index (κ3) is 5.51. The summed E-state index contributed by atoms with van der Waals surface area (Å²) in [4.78, 5) is 30.0. The lowest BCUT2D eigenvalue weighted by atomic mass is 10.1. The van der Waals surface area contributed by atoms with Gasteiger partial charge in [0.25, 0.3) is 0 Å². The molecule has 4 rings (SSSR count). The minimum absolute atomic E-state index is 0.152. The molecule has 2 heterocycles. The van der Waals surface area contributed by atoms with Crippen molar-refractivity contribution in [3.63, 3.8) is 0 Å². The molecule has 31 heavy (non-hydrogen) atoms. The SMILES string of the molecule is CN=C(NCc1cccc(NC(=O)C2CCCC2)c1)N1CCN(c2ncccn2)CC1. The van der Waals surface area contributed by atoms with Crippen LogP contribution in [0.1, 0.15) is 31.2 Å². The van der Waals surface area contributed by atoms with Gasteiger partial charge in [0.1, 0.15) is 0 Å². The second-order valence-corrected chi connectivity index (χ2v) is 8.09. The molecule has 1 aromatic heterocycles. The van der Waals surface area contributed by atoms with Gasteiger partial charge in [0.15, 0.2) is 5.96 Å². The number of nitrogens with zero attached hydrogens (tertiary/aromatic N) is 5. The Bertz CT molecular complexity index is 888. The van der Waals surface area contributed by atoms with Crippen LogP contribution in [0.15, 0.2) is 47.7 Å². The van der Waals surface area contributed by atoms with Gasteiger partial charge in [-0.3, -0.25) is 9.79 Å². The Hall–Kier alpha value is -3.16. The second-order valence-electron chi connectivity index (χ2n) is 8.09. The Kier molecular flexibility index (Phi) is 6.96. The Balaban J connectivity index is 1.28.